The molecule has 0 radical (unpaired) electrons. The van der Waals surface area contributed by atoms with E-state index < -0.39 is 5.60 Å². The molecule has 1 aliphatic rings. The Kier molecular flexibility index (Phi) is 5.99. The topological polar surface area (TPSA) is 67.9 Å². The van der Waals surface area contributed by atoms with Crippen LogP contribution in [0, 0.1) is 0 Å². The molecule has 28 heavy (non-hydrogen) atoms. The number of nitrogens with zero attached hydrogens (tertiary/aromatic N) is 1. The van der Waals surface area contributed by atoms with Crippen LogP contribution in [0.2, 0.25) is 0 Å². The number of ether oxygens (including phenoxy) is 1. The first kappa shape index (κ1) is 19.9. The van der Waals surface area contributed by atoms with Crippen LogP contribution in [0.15, 0.2) is 48.5 Å². The van der Waals surface area contributed by atoms with E-state index in [2.05, 4.69) is 5.48 Å². The van der Waals surface area contributed by atoms with Crippen molar-refractivity contribution in [1.29, 1.82) is 0 Å². The third-order valence-corrected chi connectivity index (χ3v) is 4.29. The average Bonchev–Trinajstić information content (AvgIpc) is 3.04. The predicted molar refractivity (Wildman–Crippen MR) is 107 cm³/mol. The molecule has 1 N–H and O–H groups in total. The Morgan fingerprint density at radius 1 is 1.07 bits per heavy atom. The predicted octanol–water partition coefficient (Wildman–Crippen LogP) is 3.77. The highest BCUT2D eigenvalue weighted by atomic mass is 16.6. The van der Waals surface area contributed by atoms with E-state index >= 15 is 0 Å². The number of hydroxylamine groups is 1. The van der Waals surface area contributed by atoms with E-state index in [0.29, 0.717) is 13.2 Å². The molecule has 148 valence electrons. The second-order valence-electron chi connectivity index (χ2n) is 7.82. The summed E-state index contributed by atoms with van der Waals surface area (Å²) in [6, 6.07) is 15.3. The van der Waals surface area contributed by atoms with Gasteiger partial charge in [0.05, 0.1) is 18.7 Å². The van der Waals surface area contributed by atoms with Crippen molar-refractivity contribution < 1.29 is 19.2 Å². The number of nitrogens with one attached hydrogen (secondary N) is 1. The van der Waals surface area contributed by atoms with Crippen molar-refractivity contribution >= 4 is 17.7 Å². The summed E-state index contributed by atoms with van der Waals surface area (Å²) in [4.78, 5) is 31.4. The lowest BCUT2D eigenvalue weighted by Crippen LogP contribution is -2.35. The summed E-state index contributed by atoms with van der Waals surface area (Å²) in [5, 5.41) is 0. The van der Waals surface area contributed by atoms with Crippen molar-refractivity contribution in [3.05, 3.63) is 65.2 Å². The molecule has 0 fully saturated rings. The summed E-state index contributed by atoms with van der Waals surface area (Å²) in [5.41, 5.74) is 5.70. The SMILES string of the molecule is CC(C)(C)OC(=O)N1CCc2cc(CC(=O)NOCc3ccccc3)ccc21. The van der Waals surface area contributed by atoms with Gasteiger partial charge in [-0.1, -0.05) is 42.5 Å². The zero-order valence-corrected chi connectivity index (χ0v) is 16.5. The second-order valence-corrected chi connectivity index (χ2v) is 7.82. The quantitative estimate of drug-likeness (QED) is 0.799. The van der Waals surface area contributed by atoms with Crippen LogP contribution in [0.25, 0.3) is 0 Å². The number of carbonyl (C=O) groups excluding carboxylic acids is 2. The number of amides is 2. The van der Waals surface area contributed by atoms with Gasteiger partial charge < -0.3 is 4.74 Å². The van der Waals surface area contributed by atoms with Gasteiger partial charge in [0.2, 0.25) is 5.91 Å². The van der Waals surface area contributed by atoms with Gasteiger partial charge in [-0.3, -0.25) is 14.5 Å². The van der Waals surface area contributed by atoms with E-state index in [1.54, 1.807) is 4.90 Å². The summed E-state index contributed by atoms with van der Waals surface area (Å²) in [6.45, 7) is 6.46. The molecule has 6 nitrogen and oxygen atoms in total. The number of anilines is 1. The van der Waals surface area contributed by atoms with Gasteiger partial charge in [0, 0.05) is 6.54 Å². The van der Waals surface area contributed by atoms with Crippen LogP contribution in [0.3, 0.4) is 0 Å². The van der Waals surface area contributed by atoms with Gasteiger partial charge in [-0.05, 0) is 49.9 Å². The average molecular weight is 382 g/mol. The molecule has 0 atom stereocenters. The van der Waals surface area contributed by atoms with Gasteiger partial charge in [-0.15, -0.1) is 0 Å². The summed E-state index contributed by atoms with van der Waals surface area (Å²) in [5.74, 6) is -0.210. The summed E-state index contributed by atoms with van der Waals surface area (Å²) in [6.07, 6.45) is 0.620. The molecule has 0 bridgehead atoms. The molecule has 2 aromatic rings. The Morgan fingerprint density at radius 2 is 1.82 bits per heavy atom. The zero-order chi connectivity index (χ0) is 20.1. The van der Waals surface area contributed by atoms with Crippen molar-refractivity contribution in [2.45, 2.75) is 45.8 Å². The summed E-state index contributed by atoms with van der Waals surface area (Å²) >= 11 is 0. The molecule has 3 rings (SSSR count). The van der Waals surface area contributed by atoms with Crippen LogP contribution < -0.4 is 10.4 Å². The van der Waals surface area contributed by atoms with Crippen molar-refractivity contribution in [3.8, 4) is 0 Å². The van der Waals surface area contributed by atoms with Crippen LogP contribution in [0.5, 0.6) is 0 Å². The first-order chi connectivity index (χ1) is 13.3. The second kappa shape index (κ2) is 8.44. The van der Waals surface area contributed by atoms with Crippen LogP contribution in [-0.4, -0.2) is 24.1 Å². The van der Waals surface area contributed by atoms with Crippen molar-refractivity contribution in [2.75, 3.05) is 11.4 Å². The van der Waals surface area contributed by atoms with E-state index in [1.165, 1.54) is 0 Å². The Bertz CT molecular complexity index is 843. The Hall–Kier alpha value is -2.86. The van der Waals surface area contributed by atoms with E-state index in [0.717, 1.165) is 28.8 Å². The molecule has 6 heteroatoms. The first-order valence-electron chi connectivity index (χ1n) is 9.39. The third kappa shape index (κ3) is 5.33. The van der Waals surface area contributed by atoms with Gasteiger partial charge in [0.1, 0.15) is 5.60 Å². The fourth-order valence-electron chi connectivity index (χ4n) is 3.07. The Labute approximate surface area is 165 Å². The smallest absolute Gasteiger partial charge is 0.414 e. The lowest BCUT2D eigenvalue weighted by Gasteiger charge is -2.24. The molecule has 1 aliphatic heterocycles. The van der Waals surface area contributed by atoms with E-state index in [9.17, 15) is 9.59 Å². The maximum atomic E-state index is 12.3. The van der Waals surface area contributed by atoms with Crippen LogP contribution in [-0.2, 0) is 33.8 Å². The molecule has 2 aromatic carbocycles. The first-order valence-corrected chi connectivity index (χ1v) is 9.39. The highest BCUT2D eigenvalue weighted by Crippen LogP contribution is 2.30. The van der Waals surface area contributed by atoms with Gasteiger partial charge in [0.25, 0.3) is 0 Å². The maximum Gasteiger partial charge on any atom is 0.414 e. The number of fused-ring (bicyclic) bond motifs is 1. The zero-order valence-electron chi connectivity index (χ0n) is 16.5. The van der Waals surface area contributed by atoms with Crippen molar-refractivity contribution in [2.24, 2.45) is 0 Å². The molecule has 0 saturated carbocycles. The molecule has 0 aromatic heterocycles. The number of rotatable bonds is 5. The minimum atomic E-state index is -0.530. The third-order valence-electron chi connectivity index (χ3n) is 4.29. The highest BCUT2D eigenvalue weighted by molar-refractivity contribution is 5.90. The van der Waals surface area contributed by atoms with E-state index in [1.807, 2.05) is 69.3 Å². The molecule has 0 spiro atoms. The van der Waals surface area contributed by atoms with E-state index in [-0.39, 0.29) is 18.4 Å². The fraction of sp³-hybridized carbons (Fsp3) is 0.364. The summed E-state index contributed by atoms with van der Waals surface area (Å²) in [7, 11) is 0. The van der Waals surface area contributed by atoms with Crippen LogP contribution in [0.4, 0.5) is 10.5 Å². The lowest BCUT2D eigenvalue weighted by molar-refractivity contribution is -0.133. The maximum absolute atomic E-state index is 12.3. The molecule has 0 aliphatic carbocycles. The van der Waals surface area contributed by atoms with Gasteiger partial charge >= 0.3 is 6.09 Å². The van der Waals surface area contributed by atoms with Crippen molar-refractivity contribution in [3.63, 3.8) is 0 Å². The molecular weight excluding hydrogens is 356 g/mol. The molecule has 2 amide bonds. The van der Waals surface area contributed by atoms with Crippen LogP contribution in [0.1, 0.15) is 37.5 Å². The van der Waals surface area contributed by atoms with Crippen molar-refractivity contribution in [1.82, 2.24) is 5.48 Å². The Morgan fingerprint density at radius 3 is 2.54 bits per heavy atom. The minimum Gasteiger partial charge on any atom is -0.443 e. The largest absolute Gasteiger partial charge is 0.443 e. The van der Waals surface area contributed by atoms with E-state index in [4.69, 9.17) is 9.57 Å². The highest BCUT2D eigenvalue weighted by Gasteiger charge is 2.29. The minimum absolute atomic E-state index is 0.210. The van der Waals surface area contributed by atoms with Crippen LogP contribution >= 0.6 is 0 Å². The number of carbonyl (C=O) groups is 2. The number of hydrogen-bond acceptors (Lipinski definition) is 4. The fourth-order valence-corrected chi connectivity index (χ4v) is 3.07. The monoisotopic (exact) mass is 382 g/mol. The molecule has 1 heterocycles. The lowest BCUT2D eigenvalue weighted by atomic mass is 10.1. The molecular formula is C22H26N2O4. The number of hydrogen-bond donors (Lipinski definition) is 1. The number of benzene rings is 2. The molecule has 0 saturated heterocycles. The van der Waals surface area contributed by atoms with Gasteiger partial charge in [-0.25, -0.2) is 10.3 Å². The standard InChI is InChI=1S/C22H26N2O4/c1-22(2,3)28-21(26)24-12-11-18-13-17(9-10-19(18)24)14-20(25)23-27-15-16-7-5-4-6-8-16/h4-10,13H,11-12,14-15H2,1-3H3,(H,23,25). The van der Waals surface area contributed by atoms with Gasteiger partial charge in [0.15, 0.2) is 0 Å². The Balaban J connectivity index is 1.54. The summed E-state index contributed by atoms with van der Waals surface area (Å²) < 4.78 is 5.46. The normalized spacial score (nSPS) is 13.2. The molecule has 0 unspecified atom stereocenters. The van der Waals surface area contributed by atoms with Gasteiger partial charge in [-0.2, -0.15) is 0 Å².